The summed E-state index contributed by atoms with van der Waals surface area (Å²) in [4.78, 5) is 12.2. The SMILES string of the molecule is CC1(C)CCC2(CC1)Oc1ccc(C3CC45OC4CCC5C4CCC5=CC(=O)CCC5=C34)cc1O2. The number of hydrogen-bond acceptors (Lipinski definition) is 4. The van der Waals surface area contributed by atoms with Crippen LogP contribution in [0.15, 0.2) is 41.0 Å². The van der Waals surface area contributed by atoms with Crippen LogP contribution in [0.25, 0.3) is 0 Å². The second-order valence-electron chi connectivity index (χ2n) is 13.2. The summed E-state index contributed by atoms with van der Waals surface area (Å²) >= 11 is 0. The van der Waals surface area contributed by atoms with Gasteiger partial charge in [-0.05, 0) is 104 Å². The summed E-state index contributed by atoms with van der Waals surface area (Å²) in [5, 5.41) is 0. The predicted octanol–water partition coefficient (Wildman–Crippen LogP) is 6.79. The minimum absolute atomic E-state index is 0.0949. The first-order chi connectivity index (χ1) is 16.8. The summed E-state index contributed by atoms with van der Waals surface area (Å²) in [6.45, 7) is 4.70. The highest BCUT2D eigenvalue weighted by atomic mass is 16.7. The van der Waals surface area contributed by atoms with Crippen molar-refractivity contribution >= 4 is 5.78 Å². The molecule has 1 aromatic rings. The molecule has 5 atom stereocenters. The Morgan fingerprint density at radius 2 is 1.74 bits per heavy atom. The van der Waals surface area contributed by atoms with Crippen molar-refractivity contribution in [2.24, 2.45) is 17.3 Å². The van der Waals surface area contributed by atoms with Crippen LogP contribution >= 0.6 is 0 Å². The van der Waals surface area contributed by atoms with Crippen LogP contribution < -0.4 is 9.47 Å². The average Bonchev–Trinajstić information content (AvgIpc) is 3.22. The molecule has 4 heteroatoms. The van der Waals surface area contributed by atoms with Crippen LogP contribution in [-0.2, 0) is 9.53 Å². The van der Waals surface area contributed by atoms with E-state index < -0.39 is 5.79 Å². The summed E-state index contributed by atoms with van der Waals surface area (Å²) in [5.74, 6) is 3.27. The van der Waals surface area contributed by atoms with Crippen molar-refractivity contribution in [1.82, 2.24) is 0 Å². The smallest absolute Gasteiger partial charge is 0.251 e. The molecule has 5 unspecified atom stereocenters. The van der Waals surface area contributed by atoms with E-state index >= 15 is 0 Å². The van der Waals surface area contributed by atoms with Crippen molar-refractivity contribution in [3.8, 4) is 11.5 Å². The van der Waals surface area contributed by atoms with Crippen LogP contribution in [0.4, 0.5) is 0 Å². The molecule has 184 valence electrons. The van der Waals surface area contributed by atoms with Gasteiger partial charge in [-0.3, -0.25) is 4.79 Å². The molecule has 2 spiro atoms. The summed E-state index contributed by atoms with van der Waals surface area (Å²) in [5.41, 5.74) is 6.28. The lowest BCUT2D eigenvalue weighted by molar-refractivity contribution is -0.123. The van der Waals surface area contributed by atoms with Gasteiger partial charge in [0, 0.05) is 25.2 Å². The van der Waals surface area contributed by atoms with Crippen molar-refractivity contribution in [2.45, 2.75) is 108 Å². The molecule has 0 bridgehead atoms. The molecule has 3 saturated carbocycles. The lowest BCUT2D eigenvalue weighted by Crippen LogP contribution is -2.44. The van der Waals surface area contributed by atoms with Gasteiger partial charge >= 0.3 is 0 Å². The number of rotatable bonds is 1. The highest BCUT2D eigenvalue weighted by Gasteiger charge is 2.70. The standard InChI is InChI=1S/C31H36O4/c1-29(2)11-13-30(14-12-29)33-25-9-4-19(16-26(25)34-30)23-17-31-24(8-10-27(31)35-31)22-6-3-18-15-20(32)5-7-21(18)28(22)23/h4,9,15-16,22-24,27H,3,5-8,10-14,17H2,1-2H3. The molecule has 35 heavy (non-hydrogen) atoms. The number of carbonyl (C=O) groups excluding carboxylic acids is 1. The molecular formula is C31H36O4. The predicted molar refractivity (Wildman–Crippen MR) is 132 cm³/mol. The van der Waals surface area contributed by atoms with Crippen molar-refractivity contribution in [3.05, 3.63) is 46.6 Å². The zero-order valence-corrected chi connectivity index (χ0v) is 21.0. The molecule has 0 aromatic heterocycles. The third-order valence-corrected chi connectivity index (χ3v) is 10.7. The van der Waals surface area contributed by atoms with Crippen LogP contribution in [0.3, 0.4) is 0 Å². The Hall–Kier alpha value is -2.07. The van der Waals surface area contributed by atoms with Gasteiger partial charge in [0.05, 0.1) is 11.7 Å². The molecule has 4 nitrogen and oxygen atoms in total. The van der Waals surface area contributed by atoms with E-state index in [0.717, 1.165) is 56.4 Å². The maximum absolute atomic E-state index is 12.2. The van der Waals surface area contributed by atoms with E-state index in [1.807, 2.05) is 6.08 Å². The maximum atomic E-state index is 12.2. The molecule has 5 aliphatic carbocycles. The normalized spacial score (nSPS) is 39.5. The van der Waals surface area contributed by atoms with Crippen LogP contribution in [0.2, 0.25) is 0 Å². The van der Waals surface area contributed by atoms with Gasteiger partial charge < -0.3 is 14.2 Å². The van der Waals surface area contributed by atoms with E-state index in [4.69, 9.17) is 14.2 Å². The molecule has 8 rings (SSSR count). The quantitative estimate of drug-likeness (QED) is 0.423. The Kier molecular flexibility index (Phi) is 4.10. The highest BCUT2D eigenvalue weighted by molar-refractivity contribution is 5.93. The third kappa shape index (κ3) is 2.98. The fourth-order valence-corrected chi connectivity index (χ4v) is 8.77. The van der Waals surface area contributed by atoms with Gasteiger partial charge in [-0.1, -0.05) is 25.5 Å². The van der Waals surface area contributed by atoms with Gasteiger partial charge in [0.15, 0.2) is 17.3 Å². The van der Waals surface area contributed by atoms with Crippen molar-refractivity contribution in [2.75, 3.05) is 0 Å². The minimum Gasteiger partial charge on any atom is -0.448 e. The number of ether oxygens (including phenoxy) is 3. The average molecular weight is 473 g/mol. The van der Waals surface area contributed by atoms with E-state index in [1.54, 1.807) is 5.57 Å². The second-order valence-corrected chi connectivity index (χ2v) is 13.2. The second kappa shape index (κ2) is 6.82. The first-order valence-corrected chi connectivity index (χ1v) is 14.0. The monoisotopic (exact) mass is 472 g/mol. The largest absolute Gasteiger partial charge is 0.448 e. The molecule has 2 heterocycles. The summed E-state index contributed by atoms with van der Waals surface area (Å²) in [7, 11) is 0. The zero-order chi connectivity index (χ0) is 23.6. The van der Waals surface area contributed by atoms with E-state index in [1.165, 1.54) is 36.0 Å². The number of fused-ring (bicyclic) bond motifs is 4. The molecule has 0 N–H and O–H groups in total. The van der Waals surface area contributed by atoms with Gasteiger partial charge in [-0.25, -0.2) is 0 Å². The molecule has 0 radical (unpaired) electrons. The summed E-state index contributed by atoms with van der Waals surface area (Å²) in [6.07, 6.45) is 14.0. The first-order valence-electron chi connectivity index (χ1n) is 14.0. The topological polar surface area (TPSA) is 48.1 Å². The number of ketones is 1. The van der Waals surface area contributed by atoms with Crippen molar-refractivity contribution < 1.29 is 19.0 Å². The van der Waals surface area contributed by atoms with E-state index in [2.05, 4.69) is 32.0 Å². The Labute approximate surface area is 208 Å². The van der Waals surface area contributed by atoms with Crippen LogP contribution in [0.5, 0.6) is 11.5 Å². The molecule has 7 aliphatic rings. The number of hydrogen-bond donors (Lipinski definition) is 0. The highest BCUT2D eigenvalue weighted by Crippen LogP contribution is 2.68. The Morgan fingerprint density at radius 3 is 2.57 bits per heavy atom. The van der Waals surface area contributed by atoms with Crippen LogP contribution in [0, 0.1) is 17.3 Å². The molecular weight excluding hydrogens is 436 g/mol. The zero-order valence-electron chi connectivity index (χ0n) is 21.0. The minimum atomic E-state index is -0.474. The number of carbonyl (C=O) groups is 1. The summed E-state index contributed by atoms with van der Waals surface area (Å²) in [6, 6.07) is 6.74. The van der Waals surface area contributed by atoms with Gasteiger partial charge in [0.2, 0.25) is 0 Å². The molecule has 1 aromatic carbocycles. The van der Waals surface area contributed by atoms with Gasteiger partial charge in [0.25, 0.3) is 5.79 Å². The Bertz CT molecular complexity index is 1190. The summed E-state index contributed by atoms with van der Waals surface area (Å²) < 4.78 is 19.5. The fraction of sp³-hybridized carbons (Fsp3) is 0.645. The Morgan fingerprint density at radius 1 is 0.914 bits per heavy atom. The van der Waals surface area contributed by atoms with E-state index in [0.29, 0.717) is 41.5 Å². The van der Waals surface area contributed by atoms with Crippen molar-refractivity contribution in [1.29, 1.82) is 0 Å². The fourth-order valence-electron chi connectivity index (χ4n) is 8.77. The van der Waals surface area contributed by atoms with Gasteiger partial charge in [-0.2, -0.15) is 0 Å². The lowest BCUT2D eigenvalue weighted by Gasteiger charge is -2.46. The number of benzene rings is 1. The number of epoxide rings is 1. The first kappa shape index (κ1) is 21.1. The van der Waals surface area contributed by atoms with Gasteiger partial charge in [-0.15, -0.1) is 0 Å². The van der Waals surface area contributed by atoms with E-state index in [9.17, 15) is 4.79 Å². The lowest BCUT2D eigenvalue weighted by atomic mass is 9.58. The van der Waals surface area contributed by atoms with Crippen LogP contribution in [-0.4, -0.2) is 23.3 Å². The molecule has 1 saturated heterocycles. The van der Waals surface area contributed by atoms with Gasteiger partial charge in [0.1, 0.15) is 0 Å². The van der Waals surface area contributed by atoms with Crippen LogP contribution in [0.1, 0.15) is 96.0 Å². The number of allylic oxidation sites excluding steroid dienone is 4. The molecule has 4 fully saturated rings. The third-order valence-electron chi connectivity index (χ3n) is 10.7. The van der Waals surface area contributed by atoms with E-state index in [-0.39, 0.29) is 5.60 Å². The molecule has 0 amide bonds. The maximum Gasteiger partial charge on any atom is 0.251 e. The van der Waals surface area contributed by atoms with Crippen molar-refractivity contribution in [3.63, 3.8) is 0 Å². The Balaban J connectivity index is 1.18. The molecule has 2 aliphatic heterocycles.